The van der Waals surface area contributed by atoms with Crippen LogP contribution in [-0.2, 0) is 9.59 Å². The molecule has 132 valence electrons. The van der Waals surface area contributed by atoms with Gasteiger partial charge in [0.25, 0.3) is 5.91 Å². The number of halogens is 1. The summed E-state index contributed by atoms with van der Waals surface area (Å²) in [5, 5.41) is 15.7. The zero-order valence-electron chi connectivity index (χ0n) is 14.1. The molecule has 1 aliphatic rings. The van der Waals surface area contributed by atoms with E-state index < -0.39 is 18.2 Å². The summed E-state index contributed by atoms with van der Waals surface area (Å²) in [6.07, 6.45) is -0.939. The summed E-state index contributed by atoms with van der Waals surface area (Å²) in [6.45, 7) is 4.05. The van der Waals surface area contributed by atoms with Crippen LogP contribution in [0.15, 0.2) is 24.3 Å². The van der Waals surface area contributed by atoms with Gasteiger partial charge in [0.2, 0.25) is 5.91 Å². The minimum absolute atomic E-state index is 0.171. The largest absolute Gasteiger partial charge is 0.378 e. The Hall–Kier alpha value is -1.95. The van der Waals surface area contributed by atoms with Crippen molar-refractivity contribution >= 4 is 11.8 Å². The van der Waals surface area contributed by atoms with Gasteiger partial charge in [0.05, 0.1) is 0 Å². The summed E-state index contributed by atoms with van der Waals surface area (Å²) >= 11 is 0. The molecule has 0 radical (unpaired) electrons. The van der Waals surface area contributed by atoms with Gasteiger partial charge in [-0.2, -0.15) is 0 Å². The lowest BCUT2D eigenvalue weighted by Gasteiger charge is -2.29. The molecule has 2 amide bonds. The SMILES string of the molecule is CCC(CNC(=O)C1CC(F)C1)NC(=O)C(O)c1cccc(C)c1. The fourth-order valence-corrected chi connectivity index (χ4v) is 2.70. The van der Waals surface area contributed by atoms with Gasteiger partial charge in [0, 0.05) is 18.5 Å². The van der Waals surface area contributed by atoms with E-state index in [2.05, 4.69) is 10.6 Å². The van der Waals surface area contributed by atoms with Crippen molar-refractivity contribution in [3.05, 3.63) is 35.4 Å². The standard InChI is InChI=1S/C18H25FN2O3/c1-3-15(10-20-17(23)13-8-14(19)9-13)21-18(24)16(22)12-6-4-5-11(2)7-12/h4-7,13-16,22H,3,8-10H2,1-2H3,(H,20,23)(H,21,24). The van der Waals surface area contributed by atoms with E-state index in [0.717, 1.165) is 5.56 Å². The van der Waals surface area contributed by atoms with Crippen LogP contribution in [0.25, 0.3) is 0 Å². The zero-order valence-corrected chi connectivity index (χ0v) is 14.1. The van der Waals surface area contributed by atoms with E-state index in [4.69, 9.17) is 0 Å². The molecule has 0 heterocycles. The van der Waals surface area contributed by atoms with Crippen LogP contribution >= 0.6 is 0 Å². The number of alkyl halides is 1. The molecule has 1 aliphatic carbocycles. The molecule has 0 aromatic heterocycles. The first-order valence-electron chi connectivity index (χ1n) is 8.37. The van der Waals surface area contributed by atoms with Crippen molar-refractivity contribution in [3.63, 3.8) is 0 Å². The van der Waals surface area contributed by atoms with Gasteiger partial charge in [-0.15, -0.1) is 0 Å². The van der Waals surface area contributed by atoms with E-state index in [-0.39, 0.29) is 37.3 Å². The topological polar surface area (TPSA) is 78.4 Å². The maximum absolute atomic E-state index is 12.8. The van der Waals surface area contributed by atoms with Crippen LogP contribution in [0.1, 0.15) is 43.4 Å². The predicted octanol–water partition coefficient (Wildman–Crippen LogP) is 1.79. The van der Waals surface area contributed by atoms with Crippen molar-refractivity contribution in [2.75, 3.05) is 6.54 Å². The second-order valence-electron chi connectivity index (χ2n) is 6.44. The quantitative estimate of drug-likeness (QED) is 0.710. The van der Waals surface area contributed by atoms with Gasteiger partial charge < -0.3 is 15.7 Å². The lowest BCUT2D eigenvalue weighted by molar-refractivity contribution is -0.132. The van der Waals surface area contributed by atoms with Crippen LogP contribution in [0.5, 0.6) is 0 Å². The zero-order chi connectivity index (χ0) is 17.7. The first-order valence-corrected chi connectivity index (χ1v) is 8.37. The first-order chi connectivity index (χ1) is 11.4. The molecule has 0 saturated heterocycles. The molecular weight excluding hydrogens is 311 g/mol. The molecule has 1 saturated carbocycles. The van der Waals surface area contributed by atoms with Crippen LogP contribution in [0.3, 0.4) is 0 Å². The number of amides is 2. The smallest absolute Gasteiger partial charge is 0.253 e. The Bertz CT molecular complexity index is 587. The molecular formula is C18H25FN2O3. The minimum atomic E-state index is -1.24. The van der Waals surface area contributed by atoms with Crippen molar-refractivity contribution in [1.29, 1.82) is 0 Å². The molecule has 6 heteroatoms. The maximum Gasteiger partial charge on any atom is 0.253 e. The van der Waals surface area contributed by atoms with Gasteiger partial charge in [0.1, 0.15) is 6.17 Å². The predicted molar refractivity (Wildman–Crippen MR) is 89.0 cm³/mol. The normalized spacial score (nSPS) is 22.2. The van der Waals surface area contributed by atoms with Crippen molar-refractivity contribution in [2.45, 2.75) is 51.4 Å². The summed E-state index contributed by atoms with van der Waals surface area (Å²) in [5.41, 5.74) is 1.50. The Kier molecular flexibility index (Phi) is 6.31. The molecule has 2 unspecified atom stereocenters. The molecule has 2 atom stereocenters. The second-order valence-corrected chi connectivity index (χ2v) is 6.44. The van der Waals surface area contributed by atoms with Crippen LogP contribution in [0, 0.1) is 12.8 Å². The van der Waals surface area contributed by atoms with Crippen LogP contribution in [0.4, 0.5) is 4.39 Å². The summed E-state index contributed by atoms with van der Waals surface area (Å²) in [6, 6.07) is 6.86. The number of aliphatic hydroxyl groups excluding tert-OH is 1. The number of aliphatic hydroxyl groups is 1. The van der Waals surface area contributed by atoms with Gasteiger partial charge in [0.15, 0.2) is 6.10 Å². The molecule has 1 aromatic carbocycles. The van der Waals surface area contributed by atoms with E-state index in [0.29, 0.717) is 12.0 Å². The Balaban J connectivity index is 1.82. The lowest BCUT2D eigenvalue weighted by atomic mass is 9.83. The Morgan fingerprint density at radius 1 is 1.38 bits per heavy atom. The maximum atomic E-state index is 12.8. The van der Waals surface area contributed by atoms with E-state index in [1.807, 2.05) is 19.9 Å². The van der Waals surface area contributed by atoms with E-state index in [9.17, 15) is 19.1 Å². The van der Waals surface area contributed by atoms with Gasteiger partial charge in [-0.1, -0.05) is 36.8 Å². The Morgan fingerprint density at radius 3 is 2.67 bits per heavy atom. The third-order valence-electron chi connectivity index (χ3n) is 4.42. The van der Waals surface area contributed by atoms with Crippen LogP contribution in [0.2, 0.25) is 0 Å². The average Bonchev–Trinajstić information content (AvgIpc) is 2.54. The van der Waals surface area contributed by atoms with Gasteiger partial charge in [-0.25, -0.2) is 4.39 Å². The first kappa shape index (κ1) is 18.4. The average molecular weight is 336 g/mol. The highest BCUT2D eigenvalue weighted by atomic mass is 19.1. The van der Waals surface area contributed by atoms with Gasteiger partial charge in [-0.3, -0.25) is 9.59 Å². The fraction of sp³-hybridized carbons (Fsp3) is 0.556. The summed E-state index contributed by atoms with van der Waals surface area (Å²) < 4.78 is 12.8. The number of hydrogen-bond donors (Lipinski definition) is 3. The molecule has 24 heavy (non-hydrogen) atoms. The number of hydrogen-bond acceptors (Lipinski definition) is 3. The van der Waals surface area contributed by atoms with Crippen molar-refractivity contribution in [2.24, 2.45) is 5.92 Å². The van der Waals surface area contributed by atoms with Crippen molar-refractivity contribution < 1.29 is 19.1 Å². The van der Waals surface area contributed by atoms with E-state index >= 15 is 0 Å². The highest BCUT2D eigenvalue weighted by Crippen LogP contribution is 2.29. The van der Waals surface area contributed by atoms with Gasteiger partial charge in [-0.05, 0) is 31.7 Å². The minimum Gasteiger partial charge on any atom is -0.378 e. The highest BCUT2D eigenvalue weighted by molar-refractivity contribution is 5.82. The summed E-state index contributed by atoms with van der Waals surface area (Å²) in [7, 11) is 0. The molecule has 0 bridgehead atoms. The third-order valence-corrected chi connectivity index (χ3v) is 4.42. The number of aryl methyl sites for hydroxylation is 1. The molecule has 1 aromatic rings. The van der Waals surface area contributed by atoms with Gasteiger partial charge >= 0.3 is 0 Å². The van der Waals surface area contributed by atoms with E-state index in [1.165, 1.54) is 0 Å². The monoisotopic (exact) mass is 336 g/mol. The van der Waals surface area contributed by atoms with E-state index in [1.54, 1.807) is 18.2 Å². The van der Waals surface area contributed by atoms with Crippen LogP contribution in [-0.4, -0.2) is 35.7 Å². The molecule has 5 nitrogen and oxygen atoms in total. The summed E-state index contributed by atoms with van der Waals surface area (Å²) in [5.74, 6) is -0.920. The molecule has 2 rings (SSSR count). The second kappa shape index (κ2) is 8.24. The molecule has 1 fully saturated rings. The number of benzene rings is 1. The number of nitrogens with one attached hydrogen (secondary N) is 2. The van der Waals surface area contributed by atoms with Crippen molar-refractivity contribution in [3.8, 4) is 0 Å². The van der Waals surface area contributed by atoms with Crippen LogP contribution < -0.4 is 10.6 Å². The Morgan fingerprint density at radius 2 is 2.08 bits per heavy atom. The number of rotatable bonds is 7. The highest BCUT2D eigenvalue weighted by Gasteiger charge is 2.34. The Labute approximate surface area is 141 Å². The molecule has 0 spiro atoms. The fourth-order valence-electron chi connectivity index (χ4n) is 2.70. The number of carbonyl (C=O) groups is 2. The summed E-state index contributed by atoms with van der Waals surface area (Å²) in [4.78, 5) is 24.0. The van der Waals surface area contributed by atoms with Crippen molar-refractivity contribution in [1.82, 2.24) is 10.6 Å². The molecule has 3 N–H and O–H groups in total. The third kappa shape index (κ3) is 4.77. The molecule has 0 aliphatic heterocycles. The number of carbonyl (C=O) groups excluding carboxylic acids is 2. The lowest BCUT2D eigenvalue weighted by Crippen LogP contribution is -2.47.